The number of carbonyl (C=O) groups excluding carboxylic acids is 3. The first-order valence-corrected chi connectivity index (χ1v) is 29.4. The Balaban J connectivity index is 1.25. The number of nitrogen functional groups attached to an aromatic ring is 1. The van der Waals surface area contributed by atoms with E-state index in [2.05, 4.69) is 99.3 Å². The van der Waals surface area contributed by atoms with E-state index in [0.29, 0.717) is 11.2 Å². The minimum Gasteiger partial charge on any atom is -0.457 e. The molecule has 340 valence electrons. The van der Waals surface area contributed by atoms with Crippen LogP contribution in [0, 0.1) is 0 Å². The molecule has 62 heavy (non-hydrogen) atoms. The van der Waals surface area contributed by atoms with Gasteiger partial charge in [0.05, 0.1) is 19.4 Å². The summed E-state index contributed by atoms with van der Waals surface area (Å²) in [5.74, 6) is -1.33. The highest BCUT2D eigenvalue weighted by Crippen LogP contribution is 2.46. The Morgan fingerprint density at radius 2 is 1.74 bits per heavy atom. The zero-order chi connectivity index (χ0) is 45.6. The number of thioether (sulfide) groups is 1. The predicted octanol–water partition coefficient (Wildman–Crippen LogP) is 4.63. The molecule has 6 heterocycles. The number of nitrogens with one attached hydrogen (secondary N) is 2. The number of ether oxygens (including phenoxy) is 2. The number of fused-ring (bicyclic) bond motifs is 2. The fourth-order valence-electron chi connectivity index (χ4n) is 6.60. The molecule has 2 fully saturated rings. The zero-order valence-corrected chi connectivity index (χ0v) is 41.2. The quantitative estimate of drug-likeness (QED) is 0.0726. The van der Waals surface area contributed by atoms with Crippen molar-refractivity contribution in [1.29, 1.82) is 0 Å². The highest BCUT2D eigenvalue weighted by molar-refractivity contribution is 8.00. The average molecular weight is 951 g/mol. The summed E-state index contributed by atoms with van der Waals surface area (Å²) in [5, 5.41) is 3.59. The van der Waals surface area contributed by atoms with Crippen molar-refractivity contribution in [3.05, 3.63) is 59.0 Å². The molecule has 18 nitrogen and oxygen atoms in total. The third-order valence-electron chi connectivity index (χ3n) is 12.1. The Bertz CT molecular complexity index is 2310. The van der Waals surface area contributed by atoms with Crippen molar-refractivity contribution >= 4 is 84.8 Å². The number of imidazole rings is 1. The van der Waals surface area contributed by atoms with Gasteiger partial charge in [0.15, 0.2) is 34.3 Å². The van der Waals surface area contributed by atoms with Crippen molar-refractivity contribution in [2.75, 3.05) is 31.2 Å². The van der Waals surface area contributed by atoms with Crippen molar-refractivity contribution in [2.24, 2.45) is 0 Å². The lowest BCUT2D eigenvalue weighted by molar-refractivity contribution is -0.152. The number of nitrogens with two attached hydrogens (primary N) is 1. The first-order valence-electron chi connectivity index (χ1n) is 20.2. The smallest absolute Gasteiger partial charge is 0.355 e. The number of carbonyl (C=O) groups is 3. The van der Waals surface area contributed by atoms with Gasteiger partial charge in [-0.3, -0.25) is 23.2 Å². The summed E-state index contributed by atoms with van der Waals surface area (Å²) in [5.41, 5.74) is 7.14. The SMILES string of the molecule is C=CCOC(=O)C1=C(CNS(=O)(=O)OC[C@H]2O[C@@H](n3cnc4c(N)ncnc43)[C@H](O[Si](C)(C)C(C)(C)C)[C@@H]2O[Si](C)(C)C(C)(C)C)CS[C@@H]2[C@H](NC(=O)Cc3cccs3)C(=O)N12. The summed E-state index contributed by atoms with van der Waals surface area (Å²) in [4.78, 5) is 54.8. The third kappa shape index (κ3) is 10.1. The van der Waals surface area contributed by atoms with Gasteiger partial charge in [0.25, 0.3) is 5.91 Å². The largest absolute Gasteiger partial charge is 0.457 e. The topological polar surface area (TPSA) is 228 Å². The molecule has 3 aromatic heterocycles. The molecule has 2 amide bonds. The van der Waals surface area contributed by atoms with Crippen molar-refractivity contribution in [2.45, 2.75) is 120 Å². The Labute approximate surface area is 373 Å². The summed E-state index contributed by atoms with van der Waals surface area (Å²) in [7, 11) is -9.67. The lowest BCUT2D eigenvalue weighted by atomic mass is 10.0. The minimum absolute atomic E-state index is 0.0977. The van der Waals surface area contributed by atoms with E-state index in [1.54, 1.807) is 10.9 Å². The van der Waals surface area contributed by atoms with Crippen LogP contribution in [0.2, 0.25) is 36.3 Å². The molecule has 0 spiro atoms. The summed E-state index contributed by atoms with van der Waals surface area (Å²) in [6, 6.07) is 2.80. The maximum absolute atomic E-state index is 13.7. The van der Waals surface area contributed by atoms with Crippen LogP contribution in [-0.2, 0) is 53.6 Å². The van der Waals surface area contributed by atoms with Crippen LogP contribution in [0.15, 0.2) is 54.1 Å². The Hall–Kier alpha value is -3.53. The fourth-order valence-corrected chi connectivity index (χ4v) is 12.0. The van der Waals surface area contributed by atoms with E-state index in [1.165, 1.54) is 40.4 Å². The number of hydrogen-bond donors (Lipinski definition) is 3. The number of anilines is 1. The summed E-state index contributed by atoms with van der Waals surface area (Å²) in [6.07, 6.45) is 1.01. The Kier molecular flexibility index (Phi) is 14.0. The molecule has 6 rings (SSSR count). The summed E-state index contributed by atoms with van der Waals surface area (Å²) in [6.45, 7) is 23.8. The van der Waals surface area contributed by atoms with Crippen LogP contribution in [0.3, 0.4) is 0 Å². The van der Waals surface area contributed by atoms with E-state index >= 15 is 0 Å². The fraction of sp³-hybridized carbons (Fsp3) is 0.590. The van der Waals surface area contributed by atoms with Crippen LogP contribution in [0.1, 0.15) is 52.6 Å². The van der Waals surface area contributed by atoms with Gasteiger partial charge in [-0.1, -0.05) is 60.3 Å². The van der Waals surface area contributed by atoms with E-state index in [9.17, 15) is 22.8 Å². The van der Waals surface area contributed by atoms with Crippen LogP contribution in [0.25, 0.3) is 11.2 Å². The number of aromatic nitrogens is 4. The second kappa shape index (κ2) is 18.2. The van der Waals surface area contributed by atoms with E-state index in [0.717, 1.165) is 4.88 Å². The van der Waals surface area contributed by atoms with Crippen LogP contribution < -0.4 is 15.8 Å². The molecular formula is C39H58N8O10S3Si2. The van der Waals surface area contributed by atoms with Crippen molar-refractivity contribution in [3.63, 3.8) is 0 Å². The Morgan fingerprint density at radius 3 is 2.37 bits per heavy atom. The molecule has 23 heteroatoms. The van der Waals surface area contributed by atoms with Gasteiger partial charge in [0, 0.05) is 17.2 Å². The van der Waals surface area contributed by atoms with Gasteiger partial charge in [0.1, 0.15) is 53.9 Å². The van der Waals surface area contributed by atoms with Crippen LogP contribution in [0.4, 0.5) is 5.82 Å². The van der Waals surface area contributed by atoms with Gasteiger partial charge in [-0.15, -0.1) is 23.1 Å². The second-order valence-electron chi connectivity index (χ2n) is 18.4. The van der Waals surface area contributed by atoms with Crippen LogP contribution in [-0.4, -0.2) is 122 Å². The van der Waals surface area contributed by atoms with Gasteiger partial charge >= 0.3 is 16.3 Å². The normalized spacial score (nSPS) is 23.6. The second-order valence-corrected chi connectivity index (χ2v) is 31.5. The molecule has 6 atom stereocenters. The van der Waals surface area contributed by atoms with E-state index in [-0.39, 0.29) is 58.4 Å². The molecule has 3 aliphatic rings. The summed E-state index contributed by atoms with van der Waals surface area (Å²) >= 11 is 2.72. The van der Waals surface area contributed by atoms with E-state index in [1.807, 2.05) is 17.5 Å². The molecular weight excluding hydrogens is 893 g/mol. The zero-order valence-electron chi connectivity index (χ0n) is 36.8. The summed E-state index contributed by atoms with van der Waals surface area (Å²) < 4.78 is 63.6. The van der Waals surface area contributed by atoms with Gasteiger partial charge in [-0.05, 0) is 53.3 Å². The molecule has 0 unspecified atom stereocenters. The molecule has 0 saturated carbocycles. The maximum Gasteiger partial charge on any atom is 0.355 e. The number of β-lactam (4-membered cyclic amide) rings is 1. The van der Waals surface area contributed by atoms with Gasteiger partial charge in [-0.25, -0.2) is 19.7 Å². The number of hydrogen-bond acceptors (Lipinski definition) is 16. The standard InChI is InChI=1S/C39H58N8O10S3Si2/c1-12-15-53-37(50)29-23(20-59-36-28(34(49)47(29)36)45-26(48)17-24-14-13-16-58-24)18-44-60(51,52)54-19-25-30(56-61(8,9)38(2,3)4)31(57-62(10,11)39(5,6)7)35(55-25)46-22-43-27-32(40)41-21-42-33(27)46/h12-14,16,21-22,25,28,30-31,35-36,44H,1,15,17-20H2,2-11H3,(H,45,48)(H2,40,41,42)/t25-,28-,30-,31-,35-,36-/m1/s1. The van der Waals surface area contributed by atoms with Gasteiger partial charge in [-0.2, -0.15) is 13.1 Å². The highest BCUT2D eigenvalue weighted by Gasteiger charge is 2.56. The average Bonchev–Trinajstić information content (AvgIpc) is 3.93. The molecule has 3 aromatic rings. The molecule has 2 saturated heterocycles. The molecule has 0 aliphatic carbocycles. The highest BCUT2D eigenvalue weighted by atomic mass is 32.2. The first kappa shape index (κ1) is 47.9. The minimum atomic E-state index is -4.53. The number of rotatable bonds is 17. The molecule has 0 bridgehead atoms. The first-order chi connectivity index (χ1) is 28.9. The van der Waals surface area contributed by atoms with Crippen molar-refractivity contribution in [1.82, 2.24) is 34.5 Å². The van der Waals surface area contributed by atoms with E-state index < -0.39 is 81.4 Å². The number of nitrogens with zero attached hydrogens (tertiary/aromatic N) is 5. The third-order valence-corrected chi connectivity index (χ3v) is 24.2. The molecule has 3 aliphatic heterocycles. The van der Waals surface area contributed by atoms with Crippen molar-refractivity contribution in [3.8, 4) is 0 Å². The number of esters is 1. The number of thiophene rings is 1. The number of amides is 2. The lowest BCUT2D eigenvalue weighted by Crippen LogP contribution is -2.70. The van der Waals surface area contributed by atoms with Gasteiger partial charge < -0.3 is 29.4 Å². The molecule has 4 N–H and O–H groups in total. The molecule has 0 aromatic carbocycles. The van der Waals surface area contributed by atoms with Gasteiger partial charge in [0.2, 0.25) is 5.91 Å². The molecule has 0 radical (unpaired) electrons. The lowest BCUT2D eigenvalue weighted by Gasteiger charge is -2.49. The van der Waals surface area contributed by atoms with Crippen molar-refractivity contribution < 1.29 is 45.3 Å². The van der Waals surface area contributed by atoms with Crippen LogP contribution >= 0.6 is 23.1 Å². The predicted molar refractivity (Wildman–Crippen MR) is 242 cm³/mol. The Morgan fingerprint density at radius 1 is 1.06 bits per heavy atom. The van der Waals surface area contributed by atoms with E-state index in [4.69, 9.17) is 28.2 Å². The van der Waals surface area contributed by atoms with Crippen LogP contribution in [0.5, 0.6) is 0 Å². The monoisotopic (exact) mass is 950 g/mol. The maximum atomic E-state index is 13.7.